The summed E-state index contributed by atoms with van der Waals surface area (Å²) in [6.45, 7) is 2.75. The van der Waals surface area contributed by atoms with E-state index in [1.807, 2.05) is 43.3 Å². The first-order valence-corrected chi connectivity index (χ1v) is 12.2. The smallest absolute Gasteiger partial charge is 0.246 e. The molecule has 8 nitrogen and oxygen atoms in total. The molecule has 2 aromatic rings. The van der Waals surface area contributed by atoms with Crippen molar-refractivity contribution in [3.63, 3.8) is 0 Å². The number of nitrogens with one attached hydrogen (secondary N) is 2. The summed E-state index contributed by atoms with van der Waals surface area (Å²) < 4.78 is 33.2. The second-order valence-corrected chi connectivity index (χ2v) is 10.0. The minimum absolute atomic E-state index is 0.110. The largest absolute Gasteiger partial charge is 0.495 e. The zero-order chi connectivity index (χ0) is 23.3. The number of benzene rings is 2. The molecule has 0 aliphatic carbocycles. The number of anilines is 3. The van der Waals surface area contributed by atoms with Crippen LogP contribution in [0.2, 0.25) is 0 Å². The fraction of sp³-hybridized carbons (Fsp3) is 0.435. The first kappa shape index (κ1) is 23.9. The highest BCUT2D eigenvalue weighted by Crippen LogP contribution is 2.31. The summed E-state index contributed by atoms with van der Waals surface area (Å²) in [5.41, 5.74) is 2.26. The number of nitrogens with zero attached hydrogens (tertiary/aromatic N) is 2. The molecule has 0 aromatic heterocycles. The van der Waals surface area contributed by atoms with Gasteiger partial charge in [0.05, 0.1) is 7.11 Å². The van der Waals surface area contributed by atoms with E-state index in [9.17, 15) is 13.2 Å². The van der Waals surface area contributed by atoms with Crippen LogP contribution < -0.4 is 20.3 Å². The third-order valence-corrected chi connectivity index (χ3v) is 7.44. The fourth-order valence-corrected chi connectivity index (χ4v) is 5.32. The molecule has 3 rings (SSSR count). The Kier molecular flexibility index (Phi) is 7.63. The SMILES string of the molecule is COc1ccc(NC(C)C(=O)Nc2ccc(N(C)C)cc2)cc1S(=O)(=O)N1CCCCC1. The fourth-order valence-electron chi connectivity index (χ4n) is 3.62. The molecule has 0 saturated carbocycles. The second-order valence-electron chi connectivity index (χ2n) is 8.13. The molecule has 174 valence electrons. The van der Waals surface area contributed by atoms with Crippen molar-refractivity contribution in [2.75, 3.05) is 49.8 Å². The third kappa shape index (κ3) is 5.52. The summed E-state index contributed by atoms with van der Waals surface area (Å²) in [5, 5.41) is 5.98. The summed E-state index contributed by atoms with van der Waals surface area (Å²) >= 11 is 0. The topological polar surface area (TPSA) is 91.0 Å². The molecule has 9 heteroatoms. The lowest BCUT2D eigenvalue weighted by Gasteiger charge is -2.27. The van der Waals surface area contributed by atoms with Crippen LogP contribution in [0, 0.1) is 0 Å². The van der Waals surface area contributed by atoms with Gasteiger partial charge < -0.3 is 20.3 Å². The Hall–Kier alpha value is -2.78. The van der Waals surface area contributed by atoms with Crippen molar-refractivity contribution in [2.45, 2.75) is 37.1 Å². The van der Waals surface area contributed by atoms with Crippen molar-refractivity contribution in [3.8, 4) is 5.75 Å². The number of carbonyl (C=O) groups is 1. The summed E-state index contributed by atoms with van der Waals surface area (Å²) in [6.07, 6.45) is 2.74. The number of methoxy groups -OCH3 is 1. The quantitative estimate of drug-likeness (QED) is 0.628. The van der Waals surface area contributed by atoms with Gasteiger partial charge in [-0.15, -0.1) is 0 Å². The van der Waals surface area contributed by atoms with Gasteiger partial charge >= 0.3 is 0 Å². The van der Waals surface area contributed by atoms with Crippen molar-refractivity contribution < 1.29 is 17.9 Å². The summed E-state index contributed by atoms with van der Waals surface area (Å²) in [4.78, 5) is 14.7. The van der Waals surface area contributed by atoms with E-state index >= 15 is 0 Å². The van der Waals surface area contributed by atoms with Crippen LogP contribution in [-0.2, 0) is 14.8 Å². The molecule has 1 atom stereocenters. The maximum absolute atomic E-state index is 13.2. The Labute approximate surface area is 190 Å². The predicted octanol–water partition coefficient (Wildman–Crippen LogP) is 3.37. The Bertz CT molecular complexity index is 1030. The van der Waals surface area contributed by atoms with Gasteiger partial charge in [-0.25, -0.2) is 8.42 Å². The van der Waals surface area contributed by atoms with Gasteiger partial charge in [-0.1, -0.05) is 6.42 Å². The zero-order valence-corrected chi connectivity index (χ0v) is 19.9. The molecule has 1 aliphatic rings. The minimum Gasteiger partial charge on any atom is -0.495 e. The van der Waals surface area contributed by atoms with Crippen LogP contribution in [0.5, 0.6) is 5.75 Å². The minimum atomic E-state index is -3.68. The molecule has 1 amide bonds. The van der Waals surface area contributed by atoms with Gasteiger partial charge in [0.25, 0.3) is 0 Å². The maximum Gasteiger partial charge on any atom is 0.246 e. The molecule has 1 heterocycles. The molecule has 2 aromatic carbocycles. The van der Waals surface area contributed by atoms with Crippen LogP contribution in [0.1, 0.15) is 26.2 Å². The third-order valence-electron chi connectivity index (χ3n) is 5.52. The van der Waals surface area contributed by atoms with Gasteiger partial charge in [0.15, 0.2) is 0 Å². The van der Waals surface area contributed by atoms with E-state index < -0.39 is 16.1 Å². The van der Waals surface area contributed by atoms with E-state index in [4.69, 9.17) is 4.74 Å². The number of hydrogen-bond acceptors (Lipinski definition) is 6. The number of amides is 1. The second kappa shape index (κ2) is 10.2. The highest BCUT2D eigenvalue weighted by atomic mass is 32.2. The number of ether oxygens (including phenoxy) is 1. The van der Waals surface area contributed by atoms with Crippen molar-refractivity contribution in [1.82, 2.24) is 4.31 Å². The van der Waals surface area contributed by atoms with Crippen LogP contribution in [0.15, 0.2) is 47.4 Å². The average Bonchev–Trinajstić information content (AvgIpc) is 2.80. The van der Waals surface area contributed by atoms with Gasteiger partial charge in [-0.2, -0.15) is 4.31 Å². The lowest BCUT2D eigenvalue weighted by molar-refractivity contribution is -0.116. The monoisotopic (exact) mass is 460 g/mol. The van der Waals surface area contributed by atoms with Gasteiger partial charge in [-0.3, -0.25) is 4.79 Å². The van der Waals surface area contributed by atoms with Crippen LogP contribution in [0.25, 0.3) is 0 Å². The maximum atomic E-state index is 13.2. The molecule has 1 saturated heterocycles. The normalized spacial score (nSPS) is 15.6. The van der Waals surface area contributed by atoms with E-state index in [0.717, 1.165) is 24.9 Å². The zero-order valence-electron chi connectivity index (χ0n) is 19.1. The molecular weight excluding hydrogens is 428 g/mol. The van der Waals surface area contributed by atoms with Gasteiger partial charge in [0.2, 0.25) is 15.9 Å². The lowest BCUT2D eigenvalue weighted by atomic mass is 10.2. The standard InChI is InChI=1S/C23H32N4O4S/c1-17(23(28)25-18-8-11-20(12-9-18)26(2)3)24-19-10-13-21(31-4)22(16-19)32(29,30)27-14-6-5-7-15-27/h8-13,16-17,24H,5-7,14-15H2,1-4H3,(H,25,28). The summed E-state index contributed by atoms with van der Waals surface area (Å²) in [7, 11) is 1.68. The summed E-state index contributed by atoms with van der Waals surface area (Å²) in [6, 6.07) is 11.8. The van der Waals surface area contributed by atoms with Crippen molar-refractivity contribution >= 4 is 33.0 Å². The highest BCUT2D eigenvalue weighted by Gasteiger charge is 2.29. The van der Waals surface area contributed by atoms with E-state index in [-0.39, 0.29) is 10.8 Å². The van der Waals surface area contributed by atoms with E-state index in [0.29, 0.717) is 30.2 Å². The van der Waals surface area contributed by atoms with E-state index in [1.54, 1.807) is 25.1 Å². The van der Waals surface area contributed by atoms with E-state index in [1.165, 1.54) is 11.4 Å². The summed E-state index contributed by atoms with van der Waals surface area (Å²) in [5.74, 6) is 0.0677. The van der Waals surface area contributed by atoms with Crippen molar-refractivity contribution in [3.05, 3.63) is 42.5 Å². The Balaban J connectivity index is 1.73. The number of carbonyl (C=O) groups excluding carboxylic acids is 1. The first-order valence-electron chi connectivity index (χ1n) is 10.8. The first-order chi connectivity index (χ1) is 15.2. The number of piperidine rings is 1. The van der Waals surface area contributed by atoms with Crippen LogP contribution in [0.4, 0.5) is 17.1 Å². The number of rotatable bonds is 8. The highest BCUT2D eigenvalue weighted by molar-refractivity contribution is 7.89. The van der Waals surface area contributed by atoms with Gasteiger partial charge in [0, 0.05) is 44.2 Å². The molecule has 0 radical (unpaired) electrons. The Morgan fingerprint density at radius 1 is 1.03 bits per heavy atom. The predicted molar refractivity (Wildman–Crippen MR) is 128 cm³/mol. The molecular formula is C23H32N4O4S. The van der Waals surface area contributed by atoms with Gasteiger partial charge in [-0.05, 0) is 62.2 Å². The molecule has 0 spiro atoms. The van der Waals surface area contributed by atoms with Crippen LogP contribution in [-0.4, -0.2) is 59.0 Å². The van der Waals surface area contributed by atoms with Crippen molar-refractivity contribution in [1.29, 1.82) is 0 Å². The molecule has 32 heavy (non-hydrogen) atoms. The Morgan fingerprint density at radius 3 is 2.25 bits per heavy atom. The van der Waals surface area contributed by atoms with E-state index in [2.05, 4.69) is 10.6 Å². The number of hydrogen-bond donors (Lipinski definition) is 2. The average molecular weight is 461 g/mol. The number of sulfonamides is 1. The van der Waals surface area contributed by atoms with Crippen LogP contribution >= 0.6 is 0 Å². The molecule has 1 fully saturated rings. The lowest BCUT2D eigenvalue weighted by Crippen LogP contribution is -2.36. The molecule has 0 bridgehead atoms. The molecule has 1 unspecified atom stereocenters. The van der Waals surface area contributed by atoms with Gasteiger partial charge in [0.1, 0.15) is 16.7 Å². The Morgan fingerprint density at radius 2 is 1.66 bits per heavy atom. The van der Waals surface area contributed by atoms with Crippen LogP contribution in [0.3, 0.4) is 0 Å². The molecule has 1 aliphatic heterocycles. The molecule has 2 N–H and O–H groups in total. The van der Waals surface area contributed by atoms with Crippen molar-refractivity contribution in [2.24, 2.45) is 0 Å².